The lowest BCUT2D eigenvalue weighted by atomic mass is 10.0. The van der Waals surface area contributed by atoms with E-state index in [2.05, 4.69) is 18.9 Å². The molecule has 0 radical (unpaired) electrons. The minimum Gasteiger partial charge on any atom is -0.293 e. The molecular weight excluding hydrogens is 300 g/mol. The van der Waals surface area contributed by atoms with Gasteiger partial charge in [0.2, 0.25) is 0 Å². The summed E-state index contributed by atoms with van der Waals surface area (Å²) in [5.41, 5.74) is 2.76. The lowest BCUT2D eigenvalue weighted by molar-refractivity contribution is 0.573. The van der Waals surface area contributed by atoms with Gasteiger partial charge in [0.1, 0.15) is 5.82 Å². The number of aryl methyl sites for hydroxylation is 1. The molecule has 3 aromatic rings. The zero-order valence-corrected chi connectivity index (χ0v) is 14.4. The topological polar surface area (TPSA) is 52.7 Å². The van der Waals surface area contributed by atoms with Gasteiger partial charge in [-0.1, -0.05) is 26.0 Å². The van der Waals surface area contributed by atoms with Crippen LogP contribution in [0.25, 0.3) is 22.0 Å². The Bertz CT molecular complexity index is 965. The first-order valence-electron chi connectivity index (χ1n) is 8.64. The van der Waals surface area contributed by atoms with Crippen molar-refractivity contribution in [2.24, 2.45) is 7.05 Å². The van der Waals surface area contributed by atoms with Crippen molar-refractivity contribution in [2.45, 2.75) is 45.1 Å². The Kier molecular flexibility index (Phi) is 3.52. The number of fused-ring (bicyclic) bond motifs is 1. The number of nitrogens with zero attached hydrogens (tertiary/aromatic N) is 4. The number of rotatable bonds is 4. The maximum absolute atomic E-state index is 13.3. The molecular formula is C19H22N4O. The molecule has 1 aliphatic carbocycles. The van der Waals surface area contributed by atoms with Gasteiger partial charge >= 0.3 is 0 Å². The van der Waals surface area contributed by atoms with E-state index in [-0.39, 0.29) is 11.5 Å². The molecule has 5 nitrogen and oxygen atoms in total. The first-order valence-corrected chi connectivity index (χ1v) is 8.64. The van der Waals surface area contributed by atoms with Crippen molar-refractivity contribution >= 4 is 10.9 Å². The van der Waals surface area contributed by atoms with Crippen LogP contribution in [-0.2, 0) is 7.05 Å². The van der Waals surface area contributed by atoms with E-state index in [0.717, 1.165) is 41.7 Å². The predicted molar refractivity (Wildman–Crippen MR) is 95.2 cm³/mol. The van der Waals surface area contributed by atoms with Crippen LogP contribution < -0.4 is 5.56 Å². The zero-order chi connectivity index (χ0) is 16.8. The summed E-state index contributed by atoms with van der Waals surface area (Å²) in [6.07, 6.45) is 6.88. The second-order valence-electron chi connectivity index (χ2n) is 6.79. The third-order valence-electron chi connectivity index (χ3n) is 4.94. The smallest absolute Gasteiger partial charge is 0.262 e. The molecule has 0 aliphatic heterocycles. The third kappa shape index (κ3) is 2.35. The molecule has 0 N–H and O–H groups in total. The molecule has 1 aromatic carbocycles. The quantitative estimate of drug-likeness (QED) is 0.737. The summed E-state index contributed by atoms with van der Waals surface area (Å²) < 4.78 is 3.71. The highest BCUT2D eigenvalue weighted by Gasteiger charge is 2.30. The molecule has 5 heteroatoms. The molecule has 0 spiro atoms. The minimum absolute atomic E-state index is 0.0947. The van der Waals surface area contributed by atoms with Gasteiger partial charge in [-0.15, -0.1) is 0 Å². The highest BCUT2D eigenvalue weighted by atomic mass is 16.1. The first kappa shape index (κ1) is 15.1. The maximum atomic E-state index is 13.3. The first-order chi connectivity index (χ1) is 11.6. The van der Waals surface area contributed by atoms with Crippen molar-refractivity contribution in [3.63, 3.8) is 0 Å². The molecule has 124 valence electrons. The monoisotopic (exact) mass is 322 g/mol. The van der Waals surface area contributed by atoms with Gasteiger partial charge < -0.3 is 0 Å². The van der Waals surface area contributed by atoms with Gasteiger partial charge in [0, 0.05) is 30.8 Å². The van der Waals surface area contributed by atoms with Crippen LogP contribution in [0.3, 0.4) is 0 Å². The number of hydrogen-bond donors (Lipinski definition) is 0. The third-order valence-corrected chi connectivity index (χ3v) is 4.94. The molecule has 1 aliphatic rings. The standard InChI is InChI=1S/C19H22N4O/c1-4-12(2)18-21-16-7-5-6-15(13-10-20-22(3)11-13)17(16)19(24)23(18)14-8-9-14/h5-7,10-12,14H,4,8-9H2,1-3H3. The molecule has 2 aromatic heterocycles. The van der Waals surface area contributed by atoms with Crippen molar-refractivity contribution < 1.29 is 0 Å². The van der Waals surface area contributed by atoms with Crippen LogP contribution in [0.1, 0.15) is 50.9 Å². The fraction of sp³-hybridized carbons (Fsp3) is 0.421. The van der Waals surface area contributed by atoms with E-state index in [4.69, 9.17) is 4.98 Å². The Hall–Kier alpha value is -2.43. The van der Waals surface area contributed by atoms with Gasteiger partial charge in [0.15, 0.2) is 0 Å². The van der Waals surface area contributed by atoms with Crippen molar-refractivity contribution in [1.29, 1.82) is 0 Å². The Labute approximate surface area is 141 Å². The van der Waals surface area contributed by atoms with E-state index in [0.29, 0.717) is 11.4 Å². The molecule has 1 atom stereocenters. The van der Waals surface area contributed by atoms with Crippen LogP contribution in [0.15, 0.2) is 35.4 Å². The van der Waals surface area contributed by atoms with Gasteiger partial charge in [0.05, 0.1) is 17.1 Å². The van der Waals surface area contributed by atoms with Gasteiger partial charge in [-0.3, -0.25) is 14.0 Å². The number of hydrogen-bond acceptors (Lipinski definition) is 3. The SMILES string of the molecule is CCC(C)c1nc2cccc(-c3cnn(C)c3)c2c(=O)n1C1CC1. The van der Waals surface area contributed by atoms with Crippen LogP contribution in [-0.4, -0.2) is 19.3 Å². The van der Waals surface area contributed by atoms with Crippen molar-refractivity contribution in [2.75, 3.05) is 0 Å². The largest absolute Gasteiger partial charge is 0.293 e. The van der Waals surface area contributed by atoms with E-state index in [1.807, 2.05) is 36.0 Å². The summed E-state index contributed by atoms with van der Waals surface area (Å²) in [6.45, 7) is 4.29. The van der Waals surface area contributed by atoms with E-state index >= 15 is 0 Å². The van der Waals surface area contributed by atoms with Crippen LogP contribution in [0.4, 0.5) is 0 Å². The highest BCUT2D eigenvalue weighted by molar-refractivity contribution is 5.93. The fourth-order valence-electron chi connectivity index (χ4n) is 3.28. The van der Waals surface area contributed by atoms with Gasteiger partial charge in [-0.25, -0.2) is 4.98 Å². The van der Waals surface area contributed by atoms with Crippen LogP contribution in [0.5, 0.6) is 0 Å². The van der Waals surface area contributed by atoms with E-state index in [1.165, 1.54) is 0 Å². The summed E-state index contributed by atoms with van der Waals surface area (Å²) in [4.78, 5) is 18.2. The molecule has 0 bridgehead atoms. The molecule has 2 heterocycles. The summed E-state index contributed by atoms with van der Waals surface area (Å²) in [6, 6.07) is 6.22. The average molecular weight is 322 g/mol. The second kappa shape index (κ2) is 5.58. The van der Waals surface area contributed by atoms with E-state index in [1.54, 1.807) is 10.9 Å². The van der Waals surface area contributed by atoms with Gasteiger partial charge in [-0.2, -0.15) is 5.10 Å². The molecule has 24 heavy (non-hydrogen) atoms. The molecule has 4 rings (SSSR count). The van der Waals surface area contributed by atoms with Crippen LogP contribution >= 0.6 is 0 Å². The van der Waals surface area contributed by atoms with Crippen LogP contribution in [0.2, 0.25) is 0 Å². The highest BCUT2D eigenvalue weighted by Crippen LogP contribution is 2.37. The minimum atomic E-state index is 0.0947. The molecule has 1 unspecified atom stereocenters. The van der Waals surface area contributed by atoms with E-state index < -0.39 is 0 Å². The zero-order valence-electron chi connectivity index (χ0n) is 14.4. The molecule has 0 saturated heterocycles. The Morgan fingerprint density at radius 1 is 1.33 bits per heavy atom. The molecule has 0 amide bonds. The number of aromatic nitrogens is 4. The Morgan fingerprint density at radius 2 is 2.12 bits per heavy atom. The van der Waals surface area contributed by atoms with Gasteiger partial charge in [-0.05, 0) is 30.9 Å². The normalized spacial score (nSPS) is 15.8. The average Bonchev–Trinajstić information content (AvgIpc) is 3.33. The fourth-order valence-corrected chi connectivity index (χ4v) is 3.28. The summed E-state index contributed by atoms with van der Waals surface area (Å²) in [5.74, 6) is 1.21. The maximum Gasteiger partial charge on any atom is 0.262 e. The van der Waals surface area contributed by atoms with Crippen molar-refractivity contribution in [3.05, 3.63) is 46.8 Å². The Morgan fingerprint density at radius 3 is 2.75 bits per heavy atom. The van der Waals surface area contributed by atoms with Crippen molar-refractivity contribution in [3.8, 4) is 11.1 Å². The number of benzene rings is 1. The van der Waals surface area contributed by atoms with Crippen LogP contribution in [0, 0.1) is 0 Å². The van der Waals surface area contributed by atoms with Crippen molar-refractivity contribution in [1.82, 2.24) is 19.3 Å². The Balaban J connectivity index is 2.04. The molecule has 1 fully saturated rings. The summed E-state index contributed by atoms with van der Waals surface area (Å²) >= 11 is 0. The van der Waals surface area contributed by atoms with Gasteiger partial charge in [0.25, 0.3) is 5.56 Å². The second-order valence-corrected chi connectivity index (χ2v) is 6.79. The molecule has 1 saturated carbocycles. The van der Waals surface area contributed by atoms with E-state index in [9.17, 15) is 4.79 Å². The predicted octanol–water partition coefficient (Wildman–Crippen LogP) is 3.65. The lowest BCUT2D eigenvalue weighted by Crippen LogP contribution is -2.26. The summed E-state index contributed by atoms with van der Waals surface area (Å²) in [7, 11) is 1.89. The summed E-state index contributed by atoms with van der Waals surface area (Å²) in [5, 5.41) is 4.96. The lowest BCUT2D eigenvalue weighted by Gasteiger charge is -2.18.